The lowest BCUT2D eigenvalue weighted by molar-refractivity contribution is 0.323. The second kappa shape index (κ2) is 9.68. The number of hydrogen-bond donors (Lipinski definition) is 2. The zero-order chi connectivity index (χ0) is 19.2. The Hall–Kier alpha value is -1.41. The van der Waals surface area contributed by atoms with E-state index in [0.717, 1.165) is 30.8 Å². The normalized spacial score (nSPS) is 19.7. The quantitative estimate of drug-likeness (QED) is 0.583. The average molecular weight is 479 g/mol. The third kappa shape index (κ3) is 6.04. The van der Waals surface area contributed by atoms with Gasteiger partial charge in [0, 0.05) is 36.4 Å². The van der Waals surface area contributed by atoms with Crippen molar-refractivity contribution in [3.8, 4) is 0 Å². The van der Waals surface area contributed by atoms with E-state index in [2.05, 4.69) is 68.3 Å². The minimum absolute atomic E-state index is 0.484. The maximum Gasteiger partial charge on any atom is 0.224 e. The van der Waals surface area contributed by atoms with Gasteiger partial charge in [-0.1, -0.05) is 12.1 Å². The summed E-state index contributed by atoms with van der Waals surface area (Å²) < 4.78 is 1.35. The largest absolute Gasteiger partial charge is 0.363 e. The van der Waals surface area contributed by atoms with Crippen LogP contribution < -0.4 is 15.5 Å². The van der Waals surface area contributed by atoms with E-state index in [0.29, 0.717) is 6.04 Å². The number of halogens is 1. The molecular weight excluding hydrogens is 449 g/mol. The monoisotopic (exact) mass is 479 g/mol. The van der Waals surface area contributed by atoms with Crippen molar-refractivity contribution >= 4 is 34.4 Å². The van der Waals surface area contributed by atoms with Crippen LogP contribution in [0.3, 0.4) is 0 Å². The minimum atomic E-state index is 0.484. The molecular formula is C21H30IN5. The van der Waals surface area contributed by atoms with Crippen molar-refractivity contribution in [1.82, 2.24) is 15.3 Å². The van der Waals surface area contributed by atoms with Crippen molar-refractivity contribution in [2.45, 2.75) is 45.2 Å². The lowest BCUT2D eigenvalue weighted by atomic mass is 9.86. The molecule has 27 heavy (non-hydrogen) atoms. The summed E-state index contributed by atoms with van der Waals surface area (Å²) in [4.78, 5) is 10.9. The highest BCUT2D eigenvalue weighted by Gasteiger charge is 2.21. The molecule has 0 bridgehead atoms. The van der Waals surface area contributed by atoms with Gasteiger partial charge in [-0.3, -0.25) is 0 Å². The van der Waals surface area contributed by atoms with E-state index in [-0.39, 0.29) is 0 Å². The number of aromatic nitrogens is 2. The number of benzene rings is 1. The Morgan fingerprint density at radius 2 is 1.93 bits per heavy atom. The third-order valence-electron chi connectivity index (χ3n) is 5.28. The highest BCUT2D eigenvalue weighted by atomic mass is 127. The lowest BCUT2D eigenvalue weighted by Gasteiger charge is -2.29. The number of aryl methyl sites for hydroxylation is 1. The third-order valence-corrected chi connectivity index (χ3v) is 6.44. The molecule has 0 amide bonds. The Balaban J connectivity index is 1.40. The van der Waals surface area contributed by atoms with E-state index < -0.39 is 0 Å². The zero-order valence-electron chi connectivity index (χ0n) is 16.5. The Labute approximate surface area is 176 Å². The Morgan fingerprint density at radius 3 is 2.63 bits per heavy atom. The summed E-state index contributed by atoms with van der Waals surface area (Å²) in [6.07, 6.45) is 6.70. The number of nitrogens with zero attached hydrogens (tertiary/aromatic N) is 3. The summed E-state index contributed by atoms with van der Waals surface area (Å²) in [7, 11) is 4.00. The highest BCUT2D eigenvalue weighted by molar-refractivity contribution is 14.1. The smallest absolute Gasteiger partial charge is 0.224 e. The molecule has 0 saturated heterocycles. The molecule has 0 atom stereocenters. The van der Waals surface area contributed by atoms with Gasteiger partial charge in [0.15, 0.2) is 0 Å². The highest BCUT2D eigenvalue weighted by Crippen LogP contribution is 2.26. The molecule has 0 aliphatic heterocycles. The van der Waals surface area contributed by atoms with Crippen LogP contribution >= 0.6 is 22.6 Å². The first kappa shape index (κ1) is 20.3. The molecule has 6 heteroatoms. The van der Waals surface area contributed by atoms with Gasteiger partial charge < -0.3 is 15.5 Å². The molecule has 1 heterocycles. The van der Waals surface area contributed by atoms with Gasteiger partial charge in [0.05, 0.1) is 0 Å². The molecule has 1 saturated carbocycles. The molecule has 2 aromatic rings. The summed E-state index contributed by atoms with van der Waals surface area (Å²) in [6, 6.07) is 9.14. The van der Waals surface area contributed by atoms with Crippen molar-refractivity contribution in [2.24, 2.45) is 5.92 Å². The summed E-state index contributed by atoms with van der Waals surface area (Å²) in [6.45, 7) is 4.22. The molecule has 5 nitrogen and oxygen atoms in total. The molecule has 1 aromatic carbocycles. The first-order valence-corrected chi connectivity index (χ1v) is 10.8. The van der Waals surface area contributed by atoms with Gasteiger partial charge in [-0.25, -0.2) is 4.98 Å². The summed E-state index contributed by atoms with van der Waals surface area (Å²) in [5.74, 6) is 2.45. The van der Waals surface area contributed by atoms with E-state index in [9.17, 15) is 0 Å². The molecule has 1 fully saturated rings. The number of hydrogen-bond acceptors (Lipinski definition) is 5. The summed E-state index contributed by atoms with van der Waals surface area (Å²) in [5.41, 5.74) is 2.73. The zero-order valence-corrected chi connectivity index (χ0v) is 18.7. The van der Waals surface area contributed by atoms with E-state index in [4.69, 9.17) is 0 Å². The Morgan fingerprint density at radius 1 is 1.15 bits per heavy atom. The minimum Gasteiger partial charge on any atom is -0.363 e. The van der Waals surface area contributed by atoms with Gasteiger partial charge in [-0.2, -0.15) is 4.98 Å². The van der Waals surface area contributed by atoms with E-state index in [1.165, 1.54) is 40.4 Å². The van der Waals surface area contributed by atoms with Crippen LogP contribution in [-0.2, 0) is 6.54 Å². The van der Waals surface area contributed by atoms with Crippen molar-refractivity contribution in [2.75, 3.05) is 30.9 Å². The maximum atomic E-state index is 4.57. The van der Waals surface area contributed by atoms with Gasteiger partial charge in [-0.05, 0) is 90.9 Å². The fraction of sp³-hybridized carbons (Fsp3) is 0.524. The molecule has 2 N–H and O–H groups in total. The van der Waals surface area contributed by atoms with Crippen molar-refractivity contribution < 1.29 is 0 Å². The standard InChI is InChI=1S/C21H30IN5/c1-15-4-5-17(12-19(15)22)14-23-13-16-6-8-18(9-7-16)25-21-24-11-10-20(26-21)27(2)3/h4-5,10-12,16,18,23H,6-9,13-14H2,1-3H3,(H,24,25,26)/t16-,18+. The van der Waals surface area contributed by atoms with Crippen LogP contribution in [0, 0.1) is 16.4 Å². The molecule has 1 aliphatic carbocycles. The molecule has 3 rings (SSSR count). The van der Waals surface area contributed by atoms with Crippen LogP contribution in [0.4, 0.5) is 11.8 Å². The number of anilines is 2. The fourth-order valence-corrected chi connectivity index (χ4v) is 4.11. The fourth-order valence-electron chi connectivity index (χ4n) is 3.53. The molecule has 0 radical (unpaired) electrons. The van der Waals surface area contributed by atoms with E-state index >= 15 is 0 Å². The summed E-state index contributed by atoms with van der Waals surface area (Å²) in [5, 5.41) is 7.17. The van der Waals surface area contributed by atoms with Crippen LogP contribution in [0.2, 0.25) is 0 Å². The first-order valence-electron chi connectivity index (χ1n) is 9.74. The van der Waals surface area contributed by atoms with Crippen molar-refractivity contribution in [1.29, 1.82) is 0 Å². The lowest BCUT2D eigenvalue weighted by Crippen LogP contribution is -2.31. The SMILES string of the molecule is Cc1ccc(CNC[C@H]2CC[C@@H](Nc3nccc(N(C)C)n3)CC2)cc1I. The van der Waals surface area contributed by atoms with E-state index in [1.54, 1.807) is 0 Å². The number of nitrogens with one attached hydrogen (secondary N) is 2. The van der Waals surface area contributed by atoms with Gasteiger partial charge in [-0.15, -0.1) is 0 Å². The molecule has 0 spiro atoms. The summed E-state index contributed by atoms with van der Waals surface area (Å²) >= 11 is 2.41. The Kier molecular flexibility index (Phi) is 7.29. The maximum absolute atomic E-state index is 4.57. The molecule has 0 unspecified atom stereocenters. The van der Waals surface area contributed by atoms with Crippen LogP contribution in [0.15, 0.2) is 30.5 Å². The number of rotatable bonds is 7. The molecule has 146 valence electrons. The second-order valence-electron chi connectivity index (χ2n) is 7.71. The van der Waals surface area contributed by atoms with Gasteiger partial charge in [0.25, 0.3) is 0 Å². The van der Waals surface area contributed by atoms with Gasteiger partial charge in [0.2, 0.25) is 5.95 Å². The first-order chi connectivity index (χ1) is 13.0. The molecule has 1 aromatic heterocycles. The van der Waals surface area contributed by atoms with Crippen LogP contribution in [0.1, 0.15) is 36.8 Å². The van der Waals surface area contributed by atoms with Gasteiger partial charge >= 0.3 is 0 Å². The van der Waals surface area contributed by atoms with Crippen LogP contribution in [0.5, 0.6) is 0 Å². The average Bonchev–Trinajstić information content (AvgIpc) is 2.66. The van der Waals surface area contributed by atoms with Gasteiger partial charge in [0.1, 0.15) is 5.82 Å². The van der Waals surface area contributed by atoms with Crippen LogP contribution in [0.25, 0.3) is 0 Å². The predicted molar refractivity (Wildman–Crippen MR) is 121 cm³/mol. The second-order valence-corrected chi connectivity index (χ2v) is 8.87. The Bertz CT molecular complexity index is 741. The van der Waals surface area contributed by atoms with Crippen molar-refractivity contribution in [3.63, 3.8) is 0 Å². The van der Waals surface area contributed by atoms with Crippen LogP contribution in [-0.4, -0.2) is 36.6 Å². The van der Waals surface area contributed by atoms with E-state index in [1.807, 2.05) is 31.3 Å². The molecule has 1 aliphatic rings. The predicted octanol–water partition coefficient (Wildman–Crippen LogP) is 4.22. The topological polar surface area (TPSA) is 53.1 Å². The van der Waals surface area contributed by atoms with Crippen molar-refractivity contribution in [3.05, 3.63) is 45.2 Å².